The second-order valence-corrected chi connectivity index (χ2v) is 6.47. The van der Waals surface area contributed by atoms with Gasteiger partial charge < -0.3 is 14.7 Å². The SMILES string of the molecule is COc1ccccc1CC(=O)N1CCN([C@@H]2CCC[C@@H]2O)CC1. The molecule has 3 rings (SSSR count). The Morgan fingerprint density at radius 3 is 2.61 bits per heavy atom. The maximum absolute atomic E-state index is 12.5. The topological polar surface area (TPSA) is 53.0 Å². The van der Waals surface area contributed by atoms with Gasteiger partial charge in [0.15, 0.2) is 0 Å². The van der Waals surface area contributed by atoms with Crippen molar-refractivity contribution in [2.24, 2.45) is 0 Å². The molecule has 1 aliphatic carbocycles. The maximum Gasteiger partial charge on any atom is 0.227 e. The van der Waals surface area contributed by atoms with Crippen molar-refractivity contribution in [1.82, 2.24) is 9.80 Å². The lowest BCUT2D eigenvalue weighted by Gasteiger charge is -2.39. The largest absolute Gasteiger partial charge is 0.496 e. The van der Waals surface area contributed by atoms with Crippen molar-refractivity contribution in [2.45, 2.75) is 37.8 Å². The van der Waals surface area contributed by atoms with Crippen LogP contribution in [0.1, 0.15) is 24.8 Å². The van der Waals surface area contributed by atoms with E-state index in [9.17, 15) is 9.90 Å². The molecular formula is C18H26N2O3. The van der Waals surface area contributed by atoms with Crippen LogP contribution in [0.5, 0.6) is 5.75 Å². The minimum atomic E-state index is -0.189. The monoisotopic (exact) mass is 318 g/mol. The fraction of sp³-hybridized carbons (Fsp3) is 0.611. The first-order valence-electron chi connectivity index (χ1n) is 8.51. The van der Waals surface area contributed by atoms with Gasteiger partial charge in [-0.2, -0.15) is 0 Å². The number of hydrogen-bond acceptors (Lipinski definition) is 4. The van der Waals surface area contributed by atoms with Crippen molar-refractivity contribution < 1.29 is 14.6 Å². The molecule has 0 unspecified atom stereocenters. The summed E-state index contributed by atoms with van der Waals surface area (Å²) in [6.07, 6.45) is 3.30. The molecule has 0 aromatic heterocycles. The number of aliphatic hydroxyl groups is 1. The van der Waals surface area contributed by atoms with E-state index in [0.717, 1.165) is 56.8 Å². The molecule has 1 amide bonds. The van der Waals surface area contributed by atoms with Crippen molar-refractivity contribution in [1.29, 1.82) is 0 Å². The Hall–Kier alpha value is -1.59. The van der Waals surface area contributed by atoms with Crippen LogP contribution in [0.2, 0.25) is 0 Å². The number of carbonyl (C=O) groups is 1. The summed E-state index contributed by atoms with van der Waals surface area (Å²) in [7, 11) is 1.63. The van der Waals surface area contributed by atoms with Crippen LogP contribution in [0.25, 0.3) is 0 Å². The molecule has 1 aliphatic heterocycles. The Balaban J connectivity index is 1.54. The van der Waals surface area contributed by atoms with Gasteiger partial charge in [-0.3, -0.25) is 9.69 Å². The molecule has 5 heteroatoms. The molecule has 0 radical (unpaired) electrons. The number of piperazine rings is 1. The highest BCUT2D eigenvalue weighted by Gasteiger charge is 2.33. The number of benzene rings is 1. The molecule has 5 nitrogen and oxygen atoms in total. The van der Waals surface area contributed by atoms with Crippen LogP contribution in [-0.4, -0.2) is 66.2 Å². The Morgan fingerprint density at radius 1 is 1.22 bits per heavy atom. The first-order chi connectivity index (χ1) is 11.2. The molecule has 2 fully saturated rings. The number of aliphatic hydroxyl groups excluding tert-OH is 1. The summed E-state index contributed by atoms with van der Waals surface area (Å²) < 4.78 is 5.32. The van der Waals surface area contributed by atoms with Gasteiger partial charge in [-0.1, -0.05) is 18.2 Å². The van der Waals surface area contributed by atoms with Crippen LogP contribution in [0.4, 0.5) is 0 Å². The zero-order chi connectivity index (χ0) is 16.2. The van der Waals surface area contributed by atoms with E-state index in [-0.39, 0.29) is 12.0 Å². The second kappa shape index (κ2) is 7.32. The normalized spacial score (nSPS) is 25.6. The summed E-state index contributed by atoms with van der Waals surface area (Å²) in [6.45, 7) is 3.22. The average molecular weight is 318 g/mol. The maximum atomic E-state index is 12.5. The van der Waals surface area contributed by atoms with Crippen molar-refractivity contribution in [3.8, 4) is 5.75 Å². The van der Waals surface area contributed by atoms with E-state index in [2.05, 4.69) is 4.90 Å². The fourth-order valence-corrected chi connectivity index (χ4v) is 3.77. The van der Waals surface area contributed by atoms with Gasteiger partial charge in [0, 0.05) is 37.8 Å². The molecule has 1 aromatic rings. The second-order valence-electron chi connectivity index (χ2n) is 6.47. The Morgan fingerprint density at radius 2 is 1.96 bits per heavy atom. The summed E-state index contributed by atoms with van der Waals surface area (Å²) in [6, 6.07) is 7.98. The van der Waals surface area contributed by atoms with Crippen LogP contribution in [-0.2, 0) is 11.2 Å². The van der Waals surface area contributed by atoms with E-state index in [1.807, 2.05) is 29.2 Å². The highest BCUT2D eigenvalue weighted by Crippen LogP contribution is 2.25. The molecule has 1 aromatic carbocycles. The molecule has 2 atom stereocenters. The molecule has 23 heavy (non-hydrogen) atoms. The lowest BCUT2D eigenvalue weighted by molar-refractivity contribution is -0.132. The number of para-hydroxylation sites is 1. The highest BCUT2D eigenvalue weighted by atomic mass is 16.5. The zero-order valence-electron chi connectivity index (χ0n) is 13.8. The van der Waals surface area contributed by atoms with E-state index in [4.69, 9.17) is 4.74 Å². The molecule has 1 heterocycles. The predicted octanol–water partition coefficient (Wildman–Crippen LogP) is 1.30. The number of ether oxygens (including phenoxy) is 1. The first-order valence-corrected chi connectivity index (χ1v) is 8.51. The molecule has 1 saturated heterocycles. The van der Waals surface area contributed by atoms with Crippen LogP contribution in [0.15, 0.2) is 24.3 Å². The molecule has 2 aliphatic rings. The van der Waals surface area contributed by atoms with Gasteiger partial charge in [0.2, 0.25) is 5.91 Å². The smallest absolute Gasteiger partial charge is 0.227 e. The number of nitrogens with zero attached hydrogens (tertiary/aromatic N) is 2. The summed E-state index contributed by atoms with van der Waals surface area (Å²) in [5.74, 6) is 0.926. The van der Waals surface area contributed by atoms with Gasteiger partial charge in [-0.25, -0.2) is 0 Å². The molecular weight excluding hydrogens is 292 g/mol. The van der Waals surface area contributed by atoms with Crippen LogP contribution in [0.3, 0.4) is 0 Å². The van der Waals surface area contributed by atoms with Crippen LogP contribution >= 0.6 is 0 Å². The lowest BCUT2D eigenvalue weighted by atomic mass is 10.1. The number of carbonyl (C=O) groups excluding carboxylic acids is 1. The average Bonchev–Trinajstić information content (AvgIpc) is 3.01. The Labute approximate surface area is 137 Å². The van der Waals surface area contributed by atoms with Crippen LogP contribution < -0.4 is 4.74 Å². The van der Waals surface area contributed by atoms with Gasteiger partial charge in [0.05, 0.1) is 19.6 Å². The fourth-order valence-electron chi connectivity index (χ4n) is 3.77. The Kier molecular flexibility index (Phi) is 5.18. The van der Waals surface area contributed by atoms with E-state index in [1.54, 1.807) is 7.11 Å². The quantitative estimate of drug-likeness (QED) is 0.909. The van der Waals surface area contributed by atoms with Crippen molar-refractivity contribution in [3.63, 3.8) is 0 Å². The third-order valence-electron chi connectivity index (χ3n) is 5.11. The highest BCUT2D eigenvalue weighted by molar-refractivity contribution is 5.79. The minimum Gasteiger partial charge on any atom is -0.496 e. The summed E-state index contributed by atoms with van der Waals surface area (Å²) >= 11 is 0. The number of amides is 1. The van der Waals surface area contributed by atoms with E-state index < -0.39 is 0 Å². The van der Waals surface area contributed by atoms with Crippen molar-refractivity contribution >= 4 is 5.91 Å². The predicted molar refractivity (Wildman–Crippen MR) is 88.5 cm³/mol. The van der Waals surface area contributed by atoms with Crippen LogP contribution in [0, 0.1) is 0 Å². The number of methoxy groups -OCH3 is 1. The molecule has 126 valence electrons. The third kappa shape index (κ3) is 3.67. The lowest BCUT2D eigenvalue weighted by Crippen LogP contribution is -2.53. The van der Waals surface area contributed by atoms with Gasteiger partial charge in [-0.05, 0) is 25.3 Å². The third-order valence-corrected chi connectivity index (χ3v) is 5.11. The van der Waals surface area contributed by atoms with Crippen molar-refractivity contribution in [3.05, 3.63) is 29.8 Å². The molecule has 1 saturated carbocycles. The zero-order valence-corrected chi connectivity index (χ0v) is 13.8. The number of rotatable bonds is 4. The van der Waals surface area contributed by atoms with Gasteiger partial charge >= 0.3 is 0 Å². The molecule has 0 spiro atoms. The minimum absolute atomic E-state index is 0.154. The van der Waals surface area contributed by atoms with Gasteiger partial charge in [-0.15, -0.1) is 0 Å². The summed E-state index contributed by atoms with van der Waals surface area (Å²) in [5.41, 5.74) is 0.939. The van der Waals surface area contributed by atoms with E-state index >= 15 is 0 Å². The Bertz CT molecular complexity index is 541. The summed E-state index contributed by atoms with van der Waals surface area (Å²) in [5, 5.41) is 10.0. The van der Waals surface area contributed by atoms with E-state index in [1.165, 1.54) is 0 Å². The molecule has 1 N–H and O–H groups in total. The first kappa shape index (κ1) is 16.3. The van der Waals surface area contributed by atoms with Crippen molar-refractivity contribution in [2.75, 3.05) is 33.3 Å². The number of hydrogen-bond donors (Lipinski definition) is 1. The van der Waals surface area contributed by atoms with Gasteiger partial charge in [0.25, 0.3) is 0 Å². The summed E-state index contributed by atoms with van der Waals surface area (Å²) in [4.78, 5) is 16.8. The molecule has 0 bridgehead atoms. The standard InChI is InChI=1S/C18H26N2O3/c1-23-17-8-3-2-5-14(17)13-18(22)20-11-9-19(10-12-20)15-6-4-7-16(15)21/h2-3,5,8,15-16,21H,4,6-7,9-13H2,1H3/t15-,16+/m1/s1. The van der Waals surface area contributed by atoms with E-state index in [0.29, 0.717) is 12.5 Å². The van der Waals surface area contributed by atoms with Gasteiger partial charge in [0.1, 0.15) is 5.75 Å².